The standard InChI is InChI=1S/C12H14N4/c13-11-4-2-10(3-5-11)12(6-1-7-12)16-8-14-15-9-16/h2-5,8-9H,1,6-7,13H2. The Labute approximate surface area is 94.1 Å². The zero-order chi connectivity index (χ0) is 11.0. The van der Waals surface area contributed by atoms with Crippen molar-refractivity contribution in [3.63, 3.8) is 0 Å². The molecule has 2 N–H and O–H groups in total. The quantitative estimate of drug-likeness (QED) is 0.775. The molecule has 0 spiro atoms. The first kappa shape index (κ1) is 9.39. The molecule has 82 valence electrons. The summed E-state index contributed by atoms with van der Waals surface area (Å²) in [5.41, 5.74) is 7.89. The van der Waals surface area contributed by atoms with Crippen molar-refractivity contribution in [2.24, 2.45) is 0 Å². The Morgan fingerprint density at radius 3 is 2.19 bits per heavy atom. The van der Waals surface area contributed by atoms with E-state index >= 15 is 0 Å². The molecule has 4 nitrogen and oxygen atoms in total. The summed E-state index contributed by atoms with van der Waals surface area (Å²) in [6, 6.07) is 8.13. The molecule has 1 heterocycles. The molecule has 1 aliphatic rings. The van der Waals surface area contributed by atoms with E-state index in [0.29, 0.717) is 0 Å². The van der Waals surface area contributed by atoms with Gasteiger partial charge in [0, 0.05) is 5.69 Å². The number of nitrogen functional groups attached to an aromatic ring is 1. The molecule has 0 radical (unpaired) electrons. The molecule has 0 atom stereocenters. The lowest BCUT2D eigenvalue weighted by Crippen LogP contribution is -2.40. The minimum absolute atomic E-state index is 0.0667. The molecule has 1 aromatic carbocycles. The monoisotopic (exact) mass is 214 g/mol. The maximum atomic E-state index is 5.72. The van der Waals surface area contributed by atoms with E-state index in [9.17, 15) is 0 Å². The number of nitrogens with zero attached hydrogens (tertiary/aromatic N) is 3. The molecule has 2 aromatic rings. The Morgan fingerprint density at radius 2 is 1.69 bits per heavy atom. The molecular weight excluding hydrogens is 200 g/mol. The first-order valence-electron chi connectivity index (χ1n) is 5.52. The van der Waals surface area contributed by atoms with Gasteiger partial charge >= 0.3 is 0 Å². The van der Waals surface area contributed by atoms with Gasteiger partial charge in [-0.2, -0.15) is 0 Å². The number of nitrogens with two attached hydrogens (primary N) is 1. The van der Waals surface area contributed by atoms with Crippen LogP contribution in [0.5, 0.6) is 0 Å². The van der Waals surface area contributed by atoms with Crippen LogP contribution >= 0.6 is 0 Å². The lowest BCUT2D eigenvalue weighted by atomic mass is 9.71. The predicted octanol–water partition coefficient (Wildman–Crippen LogP) is 1.79. The van der Waals surface area contributed by atoms with Gasteiger partial charge < -0.3 is 10.3 Å². The zero-order valence-corrected chi connectivity index (χ0v) is 9.00. The Morgan fingerprint density at radius 1 is 1.06 bits per heavy atom. The first-order valence-corrected chi connectivity index (χ1v) is 5.52. The summed E-state index contributed by atoms with van der Waals surface area (Å²) < 4.78 is 2.11. The van der Waals surface area contributed by atoms with Gasteiger partial charge in [-0.05, 0) is 37.0 Å². The fourth-order valence-electron chi connectivity index (χ4n) is 2.42. The molecule has 0 aliphatic heterocycles. The van der Waals surface area contributed by atoms with Gasteiger partial charge in [0.25, 0.3) is 0 Å². The second kappa shape index (κ2) is 3.33. The summed E-state index contributed by atoms with van der Waals surface area (Å²) in [7, 11) is 0. The smallest absolute Gasteiger partial charge is 0.120 e. The molecule has 1 saturated carbocycles. The van der Waals surface area contributed by atoms with Crippen LogP contribution in [0.3, 0.4) is 0 Å². The van der Waals surface area contributed by atoms with Gasteiger partial charge in [-0.15, -0.1) is 10.2 Å². The zero-order valence-electron chi connectivity index (χ0n) is 9.00. The van der Waals surface area contributed by atoms with Gasteiger partial charge in [-0.1, -0.05) is 12.1 Å². The van der Waals surface area contributed by atoms with E-state index in [1.807, 2.05) is 12.1 Å². The van der Waals surface area contributed by atoms with Gasteiger partial charge in [0.05, 0.1) is 5.54 Å². The summed E-state index contributed by atoms with van der Waals surface area (Å²) in [6.45, 7) is 0. The molecule has 16 heavy (non-hydrogen) atoms. The van der Waals surface area contributed by atoms with Crippen LogP contribution in [0.2, 0.25) is 0 Å². The molecule has 4 heteroatoms. The Kier molecular flexibility index (Phi) is 1.96. The topological polar surface area (TPSA) is 56.7 Å². The van der Waals surface area contributed by atoms with Gasteiger partial charge in [0.2, 0.25) is 0 Å². The van der Waals surface area contributed by atoms with Gasteiger partial charge in [0.1, 0.15) is 12.7 Å². The summed E-state index contributed by atoms with van der Waals surface area (Å²) in [5, 5.41) is 7.80. The number of rotatable bonds is 2. The molecule has 0 unspecified atom stereocenters. The number of benzene rings is 1. The molecule has 3 rings (SSSR count). The molecule has 0 bridgehead atoms. The molecule has 0 saturated heterocycles. The Hall–Kier alpha value is -1.84. The maximum Gasteiger partial charge on any atom is 0.120 e. The number of anilines is 1. The maximum absolute atomic E-state index is 5.72. The van der Waals surface area contributed by atoms with Crippen LogP contribution in [0.4, 0.5) is 5.69 Å². The van der Waals surface area contributed by atoms with Crippen molar-refractivity contribution in [1.82, 2.24) is 14.8 Å². The lowest BCUT2D eigenvalue weighted by molar-refractivity contribution is 0.196. The first-order chi connectivity index (χ1) is 7.81. The van der Waals surface area contributed by atoms with E-state index in [0.717, 1.165) is 18.5 Å². The second-order valence-corrected chi connectivity index (χ2v) is 4.38. The van der Waals surface area contributed by atoms with Crippen molar-refractivity contribution in [3.05, 3.63) is 42.5 Å². The van der Waals surface area contributed by atoms with Crippen molar-refractivity contribution >= 4 is 5.69 Å². The Balaban J connectivity index is 2.05. The van der Waals surface area contributed by atoms with Crippen molar-refractivity contribution in [2.75, 3.05) is 5.73 Å². The Bertz CT molecular complexity index is 468. The second-order valence-electron chi connectivity index (χ2n) is 4.38. The largest absolute Gasteiger partial charge is 0.399 e. The van der Waals surface area contributed by atoms with Crippen molar-refractivity contribution in [3.8, 4) is 0 Å². The number of aromatic nitrogens is 3. The van der Waals surface area contributed by atoms with Crippen molar-refractivity contribution in [1.29, 1.82) is 0 Å². The van der Waals surface area contributed by atoms with Crippen LogP contribution in [0, 0.1) is 0 Å². The highest BCUT2D eigenvalue weighted by Gasteiger charge is 2.40. The minimum atomic E-state index is 0.0667. The molecule has 1 fully saturated rings. The minimum Gasteiger partial charge on any atom is -0.399 e. The van der Waals surface area contributed by atoms with E-state index in [1.165, 1.54) is 12.0 Å². The van der Waals surface area contributed by atoms with Crippen LogP contribution in [-0.2, 0) is 5.54 Å². The van der Waals surface area contributed by atoms with E-state index in [-0.39, 0.29) is 5.54 Å². The molecule has 0 amide bonds. The summed E-state index contributed by atoms with van der Waals surface area (Å²) in [6.07, 6.45) is 7.15. The third kappa shape index (κ3) is 1.23. The number of hydrogen-bond acceptors (Lipinski definition) is 3. The van der Waals surface area contributed by atoms with Gasteiger partial charge in [-0.25, -0.2) is 0 Å². The predicted molar refractivity (Wildman–Crippen MR) is 61.8 cm³/mol. The normalized spacial score (nSPS) is 18.0. The summed E-state index contributed by atoms with van der Waals surface area (Å²) in [4.78, 5) is 0. The number of hydrogen-bond donors (Lipinski definition) is 1. The molecule has 1 aliphatic carbocycles. The van der Waals surface area contributed by atoms with Crippen LogP contribution < -0.4 is 5.73 Å². The average Bonchev–Trinajstić information content (AvgIpc) is 2.73. The van der Waals surface area contributed by atoms with E-state index in [4.69, 9.17) is 5.73 Å². The third-order valence-corrected chi connectivity index (χ3v) is 3.54. The highest BCUT2D eigenvalue weighted by molar-refractivity contribution is 5.42. The summed E-state index contributed by atoms with van der Waals surface area (Å²) in [5.74, 6) is 0. The highest BCUT2D eigenvalue weighted by Crippen LogP contribution is 2.44. The van der Waals surface area contributed by atoms with Crippen LogP contribution in [-0.4, -0.2) is 14.8 Å². The van der Waals surface area contributed by atoms with E-state index < -0.39 is 0 Å². The van der Waals surface area contributed by atoms with Crippen molar-refractivity contribution in [2.45, 2.75) is 24.8 Å². The van der Waals surface area contributed by atoms with Crippen molar-refractivity contribution < 1.29 is 0 Å². The van der Waals surface area contributed by atoms with Gasteiger partial charge in [-0.3, -0.25) is 0 Å². The molecule has 1 aromatic heterocycles. The summed E-state index contributed by atoms with van der Waals surface area (Å²) >= 11 is 0. The van der Waals surface area contributed by atoms with Gasteiger partial charge in [0.15, 0.2) is 0 Å². The SMILES string of the molecule is Nc1ccc(C2(n3cnnc3)CCC2)cc1. The van der Waals surface area contributed by atoms with Crippen LogP contribution in [0.15, 0.2) is 36.9 Å². The van der Waals surface area contributed by atoms with Crippen LogP contribution in [0.1, 0.15) is 24.8 Å². The fraction of sp³-hybridized carbons (Fsp3) is 0.333. The molecular formula is C12H14N4. The average molecular weight is 214 g/mol. The lowest BCUT2D eigenvalue weighted by Gasteiger charge is -2.43. The van der Waals surface area contributed by atoms with Crippen LogP contribution in [0.25, 0.3) is 0 Å². The van der Waals surface area contributed by atoms with E-state index in [1.54, 1.807) is 12.7 Å². The fourth-order valence-corrected chi connectivity index (χ4v) is 2.42. The third-order valence-electron chi connectivity index (χ3n) is 3.54. The highest BCUT2D eigenvalue weighted by atomic mass is 15.3. The van der Waals surface area contributed by atoms with E-state index in [2.05, 4.69) is 26.9 Å².